The van der Waals surface area contributed by atoms with Crippen molar-refractivity contribution in [2.45, 2.75) is 89.9 Å². The Hall–Kier alpha value is -1.74. The van der Waals surface area contributed by atoms with Crippen molar-refractivity contribution < 1.29 is 23.4 Å². The normalized spacial score (nSPS) is 37.1. The number of aliphatic hydroxyl groups excluding tert-OH is 1. The molecular formula is C30H38F2O3. The predicted molar refractivity (Wildman–Crippen MR) is 132 cm³/mol. The Kier molecular flexibility index (Phi) is 6.62. The van der Waals surface area contributed by atoms with Crippen LogP contribution in [0.2, 0.25) is 0 Å². The molecule has 5 heteroatoms. The van der Waals surface area contributed by atoms with Crippen molar-refractivity contribution in [2.75, 3.05) is 13.2 Å². The third-order valence-corrected chi connectivity index (χ3v) is 9.81. The average Bonchev–Trinajstić information content (AvgIpc) is 3.40. The Morgan fingerprint density at radius 3 is 2.37 bits per heavy atom. The Labute approximate surface area is 208 Å². The number of halogens is 2. The van der Waals surface area contributed by atoms with Gasteiger partial charge >= 0.3 is 0 Å². The highest BCUT2D eigenvalue weighted by Crippen LogP contribution is 2.64. The third-order valence-electron chi connectivity index (χ3n) is 9.81. The maximum absolute atomic E-state index is 14.7. The molecule has 0 aromatic heterocycles. The van der Waals surface area contributed by atoms with Gasteiger partial charge in [0.05, 0.1) is 19.3 Å². The van der Waals surface area contributed by atoms with Crippen LogP contribution in [0.3, 0.4) is 0 Å². The molecule has 1 aliphatic heterocycles. The van der Waals surface area contributed by atoms with Crippen LogP contribution in [0.15, 0.2) is 23.3 Å². The van der Waals surface area contributed by atoms with E-state index >= 15 is 0 Å². The van der Waals surface area contributed by atoms with Gasteiger partial charge in [-0.15, -0.1) is 12.3 Å². The highest BCUT2D eigenvalue weighted by Gasteiger charge is 2.57. The van der Waals surface area contributed by atoms with E-state index < -0.39 is 17.4 Å². The number of hydrogen-bond acceptors (Lipinski definition) is 3. The number of rotatable bonds is 1. The van der Waals surface area contributed by atoms with Crippen molar-refractivity contribution in [2.24, 2.45) is 23.2 Å². The summed E-state index contributed by atoms with van der Waals surface area (Å²) in [5, 5.41) is 11.0. The molecule has 5 aliphatic rings. The van der Waals surface area contributed by atoms with Gasteiger partial charge in [0.2, 0.25) is 0 Å². The minimum absolute atomic E-state index is 0.0316. The molecular weight excluding hydrogens is 446 g/mol. The summed E-state index contributed by atoms with van der Waals surface area (Å²) in [5.41, 5.74) is 3.57. The van der Waals surface area contributed by atoms with Crippen molar-refractivity contribution in [3.63, 3.8) is 0 Å². The van der Waals surface area contributed by atoms with E-state index in [1.165, 1.54) is 18.1 Å². The van der Waals surface area contributed by atoms with Gasteiger partial charge in [0.15, 0.2) is 5.79 Å². The summed E-state index contributed by atoms with van der Waals surface area (Å²) in [5.74, 6) is 2.13. The van der Waals surface area contributed by atoms with E-state index in [0.717, 1.165) is 56.9 Å². The minimum Gasteiger partial charge on any atom is -0.393 e. The maximum atomic E-state index is 14.7. The fourth-order valence-electron chi connectivity index (χ4n) is 8.13. The lowest BCUT2D eigenvalue weighted by molar-refractivity contribution is -0.181. The minimum atomic E-state index is -0.468. The molecule has 3 saturated carbocycles. The van der Waals surface area contributed by atoms with Gasteiger partial charge in [0, 0.05) is 24.3 Å². The first kappa shape index (κ1) is 24.9. The number of allylic oxidation sites excluding steroid dienone is 2. The summed E-state index contributed by atoms with van der Waals surface area (Å²) >= 11 is 0. The Balaban J connectivity index is 0.000000806. The maximum Gasteiger partial charge on any atom is 0.169 e. The largest absolute Gasteiger partial charge is 0.393 e. The summed E-state index contributed by atoms with van der Waals surface area (Å²) in [7, 11) is 0. The molecule has 4 aliphatic carbocycles. The predicted octanol–water partition coefficient (Wildman–Crippen LogP) is 6.43. The second-order valence-electron chi connectivity index (χ2n) is 11.5. The van der Waals surface area contributed by atoms with Gasteiger partial charge in [0.1, 0.15) is 11.6 Å². The first-order valence-corrected chi connectivity index (χ1v) is 13.2. The smallest absolute Gasteiger partial charge is 0.169 e. The molecule has 6 atom stereocenters. The molecule has 1 N–H and O–H groups in total. The van der Waals surface area contributed by atoms with Crippen molar-refractivity contribution in [1.82, 2.24) is 0 Å². The summed E-state index contributed by atoms with van der Waals surface area (Å²) in [4.78, 5) is 0. The van der Waals surface area contributed by atoms with E-state index in [1.807, 2.05) is 0 Å². The van der Waals surface area contributed by atoms with Gasteiger partial charge in [-0.05, 0) is 93.2 Å². The van der Waals surface area contributed by atoms with E-state index in [9.17, 15) is 13.9 Å². The number of terminal acetylenes is 1. The van der Waals surface area contributed by atoms with Gasteiger partial charge in [-0.1, -0.05) is 18.1 Å². The quantitative estimate of drug-likeness (QED) is 0.369. The van der Waals surface area contributed by atoms with Crippen LogP contribution in [0.25, 0.3) is 0 Å². The zero-order valence-electron chi connectivity index (χ0n) is 21.2. The van der Waals surface area contributed by atoms with Crippen LogP contribution in [0.4, 0.5) is 8.78 Å². The van der Waals surface area contributed by atoms with E-state index in [1.54, 1.807) is 19.1 Å². The molecule has 1 saturated heterocycles. The molecule has 0 radical (unpaired) electrons. The molecule has 4 fully saturated rings. The van der Waals surface area contributed by atoms with Crippen LogP contribution in [-0.4, -0.2) is 30.2 Å². The van der Waals surface area contributed by atoms with Crippen LogP contribution >= 0.6 is 0 Å². The van der Waals surface area contributed by atoms with Crippen LogP contribution in [-0.2, 0) is 9.47 Å². The first-order chi connectivity index (χ1) is 16.7. The highest BCUT2D eigenvalue weighted by molar-refractivity contribution is 5.42. The molecule has 35 heavy (non-hydrogen) atoms. The van der Waals surface area contributed by atoms with Crippen molar-refractivity contribution in [3.05, 3.63) is 46.0 Å². The number of ether oxygens (including phenoxy) is 2. The summed E-state index contributed by atoms with van der Waals surface area (Å²) < 4.78 is 41.4. The van der Waals surface area contributed by atoms with Crippen LogP contribution in [0.1, 0.15) is 82.3 Å². The highest BCUT2D eigenvalue weighted by atomic mass is 19.1. The Morgan fingerprint density at radius 1 is 1.06 bits per heavy atom. The second-order valence-corrected chi connectivity index (χ2v) is 11.5. The Bertz CT molecular complexity index is 1030. The van der Waals surface area contributed by atoms with Gasteiger partial charge in [0.25, 0.3) is 0 Å². The molecule has 1 aromatic rings. The molecule has 1 aromatic carbocycles. The molecule has 1 spiro atoms. The number of benzene rings is 1. The molecule has 190 valence electrons. The number of aliphatic hydroxyl groups is 1. The van der Waals surface area contributed by atoms with Crippen molar-refractivity contribution in [3.8, 4) is 12.3 Å². The lowest BCUT2D eigenvalue weighted by Gasteiger charge is -2.54. The summed E-state index contributed by atoms with van der Waals surface area (Å²) in [6, 6.07) is 3.10. The zero-order valence-corrected chi connectivity index (χ0v) is 21.2. The van der Waals surface area contributed by atoms with E-state index in [-0.39, 0.29) is 23.0 Å². The summed E-state index contributed by atoms with van der Waals surface area (Å²) in [6.45, 7) is 6.71. The van der Waals surface area contributed by atoms with Crippen LogP contribution in [0.5, 0.6) is 0 Å². The van der Waals surface area contributed by atoms with Crippen LogP contribution < -0.4 is 0 Å². The first-order valence-electron chi connectivity index (χ1n) is 13.2. The molecule has 6 unspecified atom stereocenters. The van der Waals surface area contributed by atoms with Crippen molar-refractivity contribution in [1.29, 1.82) is 0 Å². The van der Waals surface area contributed by atoms with E-state index in [0.29, 0.717) is 31.0 Å². The van der Waals surface area contributed by atoms with Gasteiger partial charge < -0.3 is 14.6 Å². The number of fused-ring (bicyclic) bond motifs is 4. The monoisotopic (exact) mass is 484 g/mol. The Morgan fingerprint density at radius 2 is 1.71 bits per heavy atom. The topological polar surface area (TPSA) is 38.7 Å². The average molecular weight is 485 g/mol. The molecule has 0 bridgehead atoms. The fourth-order valence-corrected chi connectivity index (χ4v) is 8.13. The van der Waals surface area contributed by atoms with Gasteiger partial charge in [-0.25, -0.2) is 8.78 Å². The SMILES string of the molecule is C#CC.Cc1c(F)cc(C2CC3(C)C(O)CCC3C3CCC4CC5(CCC4=C23)OCCO5)cc1F. The molecule has 6 rings (SSSR count). The van der Waals surface area contributed by atoms with E-state index in [4.69, 9.17) is 9.47 Å². The molecule has 3 nitrogen and oxygen atoms in total. The standard InChI is InChI=1S/C27H34F2O3.C3H4/c1-15-22(28)11-17(12-23(15)29)20-14-26(2)21(5-6-24(26)30)19-4-3-16-13-27(31-9-10-32-27)8-7-18(16)25(19)20;1-3-2/h11-12,16,19-21,24,30H,3-10,13-14H2,1-2H3;1H,2H3. The third kappa shape index (κ3) is 4.06. The van der Waals surface area contributed by atoms with Crippen molar-refractivity contribution >= 4 is 0 Å². The zero-order chi connectivity index (χ0) is 25.0. The molecule has 1 heterocycles. The lowest BCUT2D eigenvalue weighted by atomic mass is 9.52. The van der Waals surface area contributed by atoms with Crippen LogP contribution in [0, 0.1) is 54.1 Å². The lowest BCUT2D eigenvalue weighted by Crippen LogP contribution is -2.47. The number of hydrogen-bond donors (Lipinski definition) is 1. The van der Waals surface area contributed by atoms with Gasteiger partial charge in [-0.3, -0.25) is 0 Å². The fraction of sp³-hybridized carbons (Fsp3) is 0.667. The molecule has 0 amide bonds. The van der Waals surface area contributed by atoms with E-state index in [2.05, 4.69) is 19.3 Å². The summed E-state index contributed by atoms with van der Waals surface area (Å²) in [6.07, 6.45) is 11.8. The second kappa shape index (κ2) is 9.29. The van der Waals surface area contributed by atoms with Gasteiger partial charge in [-0.2, -0.15) is 0 Å².